The molecule has 0 spiro atoms. The summed E-state index contributed by atoms with van der Waals surface area (Å²) in [4.78, 5) is 58.6. The summed E-state index contributed by atoms with van der Waals surface area (Å²) < 4.78 is 10.6. The van der Waals surface area contributed by atoms with Gasteiger partial charge in [-0.3, -0.25) is 19.3 Å². The molecule has 0 radical (unpaired) electrons. The minimum Gasteiger partial charge on any atom is -0.497 e. The van der Waals surface area contributed by atoms with Gasteiger partial charge in [0.05, 0.1) is 46.4 Å². The summed E-state index contributed by atoms with van der Waals surface area (Å²) in [6.07, 6.45) is 3.03. The number of rotatable bonds is 7. The third kappa shape index (κ3) is 4.57. The Labute approximate surface area is 252 Å². The number of pyridine rings is 1. The molecule has 3 aromatic carbocycles. The average molecular weight is 595 g/mol. The van der Waals surface area contributed by atoms with Crippen LogP contribution in [0.2, 0.25) is 5.02 Å². The molecule has 2 aliphatic carbocycles. The largest absolute Gasteiger partial charge is 0.497 e. The van der Waals surface area contributed by atoms with E-state index in [1.165, 1.54) is 12.0 Å². The van der Waals surface area contributed by atoms with Crippen molar-refractivity contribution in [2.45, 2.75) is 19.3 Å². The van der Waals surface area contributed by atoms with Crippen molar-refractivity contribution in [1.82, 2.24) is 4.98 Å². The van der Waals surface area contributed by atoms with Crippen LogP contribution in [0.5, 0.6) is 5.75 Å². The van der Waals surface area contributed by atoms with Gasteiger partial charge in [0, 0.05) is 16.5 Å². The van der Waals surface area contributed by atoms with Crippen LogP contribution in [-0.4, -0.2) is 42.3 Å². The summed E-state index contributed by atoms with van der Waals surface area (Å²) in [6.45, 7) is -0.456. The van der Waals surface area contributed by atoms with Gasteiger partial charge in [-0.25, -0.2) is 9.78 Å². The lowest BCUT2D eigenvalue weighted by molar-refractivity contribution is -0.123. The van der Waals surface area contributed by atoms with E-state index in [-0.39, 0.29) is 35.0 Å². The fourth-order valence-electron chi connectivity index (χ4n) is 7.06. The zero-order valence-electron chi connectivity index (χ0n) is 23.3. The van der Waals surface area contributed by atoms with E-state index < -0.39 is 12.6 Å². The van der Waals surface area contributed by atoms with Crippen molar-refractivity contribution < 1.29 is 28.7 Å². The average Bonchev–Trinajstić information content (AvgIpc) is 3.73. The van der Waals surface area contributed by atoms with Crippen molar-refractivity contribution in [2.24, 2.45) is 23.7 Å². The first-order valence-corrected chi connectivity index (χ1v) is 14.6. The molecule has 2 amide bonds. The number of nitrogens with zero attached hydrogens (tertiary/aromatic N) is 2. The maximum Gasteiger partial charge on any atom is 0.339 e. The SMILES string of the molecule is COc1cccc(C(=O)COC(=O)c2cc(-c3ccc(N4C(=O)C5C6CCC(C6)C5C4=O)cc3)nc3c(Cl)cccc23)c1. The number of benzene rings is 3. The summed E-state index contributed by atoms with van der Waals surface area (Å²) in [6, 6.07) is 20.3. The van der Waals surface area contributed by atoms with Crippen LogP contribution in [0, 0.1) is 23.7 Å². The highest BCUT2D eigenvalue weighted by atomic mass is 35.5. The Kier molecular flexibility index (Phi) is 6.73. The number of esters is 1. The number of imide groups is 1. The third-order valence-corrected chi connectivity index (χ3v) is 9.39. The van der Waals surface area contributed by atoms with Crippen LogP contribution in [0.1, 0.15) is 40.0 Å². The maximum atomic E-state index is 13.3. The van der Waals surface area contributed by atoms with Gasteiger partial charge >= 0.3 is 5.97 Å². The Morgan fingerprint density at radius 3 is 2.33 bits per heavy atom. The topological polar surface area (TPSA) is 103 Å². The lowest BCUT2D eigenvalue weighted by atomic mass is 9.81. The van der Waals surface area contributed by atoms with E-state index in [1.807, 2.05) is 0 Å². The van der Waals surface area contributed by atoms with Gasteiger partial charge in [-0.05, 0) is 67.5 Å². The minimum atomic E-state index is -0.696. The lowest BCUT2D eigenvalue weighted by Gasteiger charge is -2.19. The standard InChI is InChI=1S/C34H27ClN2O6/c1-42-23-5-2-4-19(15-23)28(38)17-43-34(41)25-16-27(36-31-24(25)6-3-7-26(31)35)18-10-12-22(13-11-18)37-32(39)29-20-8-9-21(14-20)30(29)33(37)40/h2-7,10-13,15-16,20-21,29-30H,8-9,14,17H2,1H3. The quantitative estimate of drug-likeness (QED) is 0.144. The van der Waals surface area contributed by atoms with E-state index in [9.17, 15) is 19.2 Å². The number of anilines is 1. The Balaban J connectivity index is 1.16. The molecule has 7 rings (SSSR count). The van der Waals surface area contributed by atoms with E-state index in [0.717, 1.165) is 19.3 Å². The summed E-state index contributed by atoms with van der Waals surface area (Å²) in [5.74, 6) is -0.508. The number of ketones is 1. The van der Waals surface area contributed by atoms with Crippen LogP contribution in [-0.2, 0) is 14.3 Å². The second kappa shape index (κ2) is 10.6. The van der Waals surface area contributed by atoms with E-state index in [1.54, 1.807) is 72.8 Å². The second-order valence-corrected chi connectivity index (χ2v) is 11.8. The Bertz CT molecular complexity index is 1790. The highest BCUT2D eigenvalue weighted by molar-refractivity contribution is 6.35. The number of hydrogen-bond donors (Lipinski definition) is 0. The molecule has 0 N–H and O–H groups in total. The van der Waals surface area contributed by atoms with E-state index >= 15 is 0 Å². The monoisotopic (exact) mass is 594 g/mol. The number of carbonyl (C=O) groups is 4. The van der Waals surface area contributed by atoms with Crippen LogP contribution in [0.3, 0.4) is 0 Å². The zero-order chi connectivity index (χ0) is 29.8. The number of halogens is 1. The second-order valence-electron chi connectivity index (χ2n) is 11.4. The van der Waals surface area contributed by atoms with Gasteiger partial charge in [-0.2, -0.15) is 0 Å². The van der Waals surface area contributed by atoms with Crippen molar-refractivity contribution in [3.8, 4) is 17.0 Å². The number of fused-ring (bicyclic) bond motifs is 6. The Morgan fingerprint density at radius 2 is 1.63 bits per heavy atom. The molecule has 4 atom stereocenters. The molecule has 216 valence electrons. The van der Waals surface area contributed by atoms with Gasteiger partial charge < -0.3 is 9.47 Å². The smallest absolute Gasteiger partial charge is 0.339 e. The molecule has 1 aliphatic heterocycles. The molecule has 4 aromatic rings. The number of aromatic nitrogens is 1. The van der Waals surface area contributed by atoms with E-state index in [2.05, 4.69) is 0 Å². The molecular weight excluding hydrogens is 568 g/mol. The molecule has 2 bridgehead atoms. The first kappa shape index (κ1) is 27.3. The molecule has 2 heterocycles. The molecule has 2 saturated carbocycles. The predicted octanol–water partition coefficient (Wildman–Crippen LogP) is 6.14. The fraction of sp³-hybridized carbons (Fsp3) is 0.265. The number of hydrogen-bond acceptors (Lipinski definition) is 7. The van der Waals surface area contributed by atoms with Gasteiger partial charge in [0.25, 0.3) is 0 Å². The Morgan fingerprint density at radius 1 is 0.930 bits per heavy atom. The molecular formula is C34H27ClN2O6. The summed E-state index contributed by atoms with van der Waals surface area (Å²) in [5, 5.41) is 0.841. The molecule has 9 heteroatoms. The minimum absolute atomic E-state index is 0.0981. The Hall–Kier alpha value is -4.56. The molecule has 3 fully saturated rings. The number of Topliss-reactive ketones (excluding diaryl/α,β-unsaturated/α-hetero) is 1. The van der Waals surface area contributed by atoms with Crippen molar-refractivity contribution in [1.29, 1.82) is 0 Å². The summed E-state index contributed by atoms with van der Waals surface area (Å²) in [7, 11) is 1.51. The molecule has 4 unspecified atom stereocenters. The highest BCUT2D eigenvalue weighted by Crippen LogP contribution is 2.56. The molecule has 8 nitrogen and oxygen atoms in total. The summed E-state index contributed by atoms with van der Waals surface area (Å²) in [5.41, 5.74) is 2.62. The molecule has 43 heavy (non-hydrogen) atoms. The van der Waals surface area contributed by atoms with Gasteiger partial charge in [0.1, 0.15) is 5.75 Å². The van der Waals surface area contributed by atoms with Crippen LogP contribution < -0.4 is 9.64 Å². The fourth-order valence-corrected chi connectivity index (χ4v) is 7.28. The first-order valence-electron chi connectivity index (χ1n) is 14.3. The van der Waals surface area contributed by atoms with Gasteiger partial charge in [-0.15, -0.1) is 0 Å². The number of amides is 2. The zero-order valence-corrected chi connectivity index (χ0v) is 24.0. The van der Waals surface area contributed by atoms with Gasteiger partial charge in [-0.1, -0.05) is 48.0 Å². The third-order valence-electron chi connectivity index (χ3n) is 9.08. The van der Waals surface area contributed by atoms with Crippen LogP contribution >= 0.6 is 11.6 Å². The van der Waals surface area contributed by atoms with Crippen molar-refractivity contribution in [2.75, 3.05) is 18.6 Å². The predicted molar refractivity (Wildman–Crippen MR) is 160 cm³/mol. The maximum absolute atomic E-state index is 13.3. The number of ether oxygens (including phenoxy) is 2. The van der Waals surface area contributed by atoms with Crippen LogP contribution in [0.15, 0.2) is 72.8 Å². The van der Waals surface area contributed by atoms with Crippen molar-refractivity contribution in [3.05, 3.63) is 88.9 Å². The number of carbonyl (C=O) groups excluding carboxylic acids is 4. The normalized spacial score (nSPS) is 22.2. The van der Waals surface area contributed by atoms with Gasteiger partial charge in [0.2, 0.25) is 11.8 Å². The van der Waals surface area contributed by atoms with E-state index in [4.69, 9.17) is 26.1 Å². The van der Waals surface area contributed by atoms with Crippen LogP contribution in [0.4, 0.5) is 5.69 Å². The first-order chi connectivity index (χ1) is 20.8. The number of para-hydroxylation sites is 1. The molecule has 3 aliphatic rings. The molecule has 1 aromatic heterocycles. The van der Waals surface area contributed by atoms with Crippen molar-refractivity contribution >= 4 is 51.8 Å². The summed E-state index contributed by atoms with van der Waals surface area (Å²) >= 11 is 6.49. The van der Waals surface area contributed by atoms with Gasteiger partial charge in [0.15, 0.2) is 12.4 Å². The highest BCUT2D eigenvalue weighted by Gasteiger charge is 2.61. The lowest BCUT2D eigenvalue weighted by Crippen LogP contribution is -2.32. The molecule has 1 saturated heterocycles. The number of methoxy groups -OCH3 is 1. The van der Waals surface area contributed by atoms with Crippen molar-refractivity contribution in [3.63, 3.8) is 0 Å². The van der Waals surface area contributed by atoms with E-state index in [0.29, 0.717) is 56.0 Å². The van der Waals surface area contributed by atoms with Crippen LogP contribution in [0.25, 0.3) is 22.2 Å².